The third-order valence-corrected chi connectivity index (χ3v) is 3.21. The molecule has 0 heterocycles. The van der Waals surface area contributed by atoms with E-state index in [2.05, 4.69) is 0 Å². The van der Waals surface area contributed by atoms with Gasteiger partial charge in [0.2, 0.25) is 0 Å². The zero-order chi connectivity index (χ0) is 11.5. The number of hydrogen-bond donors (Lipinski definition) is 0. The van der Waals surface area contributed by atoms with Gasteiger partial charge in [-0.05, 0) is 37.8 Å². The molecule has 0 amide bonds. The molecule has 0 aliphatic heterocycles. The lowest BCUT2D eigenvalue weighted by Crippen LogP contribution is -2.30. The fourth-order valence-electron chi connectivity index (χ4n) is 1.38. The second kappa shape index (κ2) is 4.71. The SMILES string of the molecule is COC(=O)C(C)(C)c1cccc(SC)c1. The first kappa shape index (κ1) is 12.1. The predicted molar refractivity (Wildman–Crippen MR) is 63.3 cm³/mol. The number of benzene rings is 1. The van der Waals surface area contributed by atoms with Gasteiger partial charge < -0.3 is 4.74 Å². The summed E-state index contributed by atoms with van der Waals surface area (Å²) in [5.74, 6) is -0.208. The molecule has 0 aliphatic rings. The highest BCUT2D eigenvalue weighted by Crippen LogP contribution is 2.27. The highest BCUT2D eigenvalue weighted by molar-refractivity contribution is 7.98. The molecule has 1 rings (SSSR count). The Balaban J connectivity index is 3.09. The molecule has 0 bridgehead atoms. The van der Waals surface area contributed by atoms with Gasteiger partial charge in [0.05, 0.1) is 12.5 Å². The Morgan fingerprint density at radius 3 is 2.60 bits per heavy atom. The van der Waals surface area contributed by atoms with Gasteiger partial charge in [-0.1, -0.05) is 12.1 Å². The Morgan fingerprint density at radius 1 is 1.40 bits per heavy atom. The van der Waals surface area contributed by atoms with Crippen LogP contribution in [0.3, 0.4) is 0 Å². The van der Waals surface area contributed by atoms with Crippen molar-refractivity contribution in [2.24, 2.45) is 0 Å². The number of carbonyl (C=O) groups excluding carboxylic acids is 1. The fraction of sp³-hybridized carbons (Fsp3) is 0.417. The largest absolute Gasteiger partial charge is 0.468 e. The summed E-state index contributed by atoms with van der Waals surface area (Å²) >= 11 is 1.67. The summed E-state index contributed by atoms with van der Waals surface area (Å²) in [6.07, 6.45) is 2.02. The topological polar surface area (TPSA) is 26.3 Å². The fourth-order valence-corrected chi connectivity index (χ4v) is 1.84. The highest BCUT2D eigenvalue weighted by Gasteiger charge is 2.30. The van der Waals surface area contributed by atoms with Crippen molar-refractivity contribution in [3.63, 3.8) is 0 Å². The molecule has 15 heavy (non-hydrogen) atoms. The number of esters is 1. The zero-order valence-electron chi connectivity index (χ0n) is 9.53. The van der Waals surface area contributed by atoms with Crippen LogP contribution in [0.15, 0.2) is 29.2 Å². The van der Waals surface area contributed by atoms with Crippen LogP contribution >= 0.6 is 11.8 Å². The van der Waals surface area contributed by atoms with E-state index in [-0.39, 0.29) is 5.97 Å². The Kier molecular flexibility index (Phi) is 3.80. The van der Waals surface area contributed by atoms with Crippen LogP contribution in [0.4, 0.5) is 0 Å². The smallest absolute Gasteiger partial charge is 0.315 e. The molecule has 0 spiro atoms. The molecule has 0 aliphatic carbocycles. The average Bonchev–Trinajstić information content (AvgIpc) is 2.27. The molecule has 3 heteroatoms. The van der Waals surface area contributed by atoms with Gasteiger partial charge in [-0.3, -0.25) is 4.79 Å². The summed E-state index contributed by atoms with van der Waals surface area (Å²) in [6, 6.07) is 7.98. The number of hydrogen-bond acceptors (Lipinski definition) is 3. The zero-order valence-corrected chi connectivity index (χ0v) is 10.4. The normalized spacial score (nSPS) is 11.2. The van der Waals surface area contributed by atoms with Crippen LogP contribution < -0.4 is 0 Å². The first-order valence-corrected chi connectivity index (χ1v) is 5.97. The number of carbonyl (C=O) groups is 1. The standard InChI is InChI=1S/C12H16O2S/c1-12(2,11(13)14-3)9-6-5-7-10(8-9)15-4/h5-8H,1-4H3. The predicted octanol–water partition coefficient (Wildman–Crippen LogP) is 2.86. The Bertz CT molecular complexity index is 358. The maximum atomic E-state index is 11.6. The molecule has 2 nitrogen and oxygen atoms in total. The van der Waals surface area contributed by atoms with Gasteiger partial charge in [-0.2, -0.15) is 0 Å². The van der Waals surface area contributed by atoms with Gasteiger partial charge in [0, 0.05) is 4.90 Å². The summed E-state index contributed by atoms with van der Waals surface area (Å²) in [4.78, 5) is 12.8. The average molecular weight is 224 g/mol. The lowest BCUT2D eigenvalue weighted by molar-refractivity contribution is -0.146. The maximum absolute atomic E-state index is 11.6. The van der Waals surface area contributed by atoms with Gasteiger partial charge in [0.1, 0.15) is 0 Å². The van der Waals surface area contributed by atoms with Crippen LogP contribution in [-0.4, -0.2) is 19.3 Å². The molecule has 0 saturated heterocycles. The second-order valence-corrected chi connectivity index (χ2v) is 4.73. The van der Waals surface area contributed by atoms with Crippen molar-refractivity contribution < 1.29 is 9.53 Å². The minimum Gasteiger partial charge on any atom is -0.468 e. The Labute approximate surface area is 95.0 Å². The van der Waals surface area contributed by atoms with Gasteiger partial charge in [0.15, 0.2) is 0 Å². The van der Waals surface area contributed by atoms with E-state index in [1.165, 1.54) is 7.11 Å². The monoisotopic (exact) mass is 224 g/mol. The third-order valence-electron chi connectivity index (χ3n) is 2.49. The van der Waals surface area contributed by atoms with Crippen LogP contribution in [0.2, 0.25) is 0 Å². The number of rotatable bonds is 3. The van der Waals surface area contributed by atoms with Crippen molar-refractivity contribution in [3.8, 4) is 0 Å². The highest BCUT2D eigenvalue weighted by atomic mass is 32.2. The van der Waals surface area contributed by atoms with Crippen molar-refractivity contribution in [1.29, 1.82) is 0 Å². The summed E-state index contributed by atoms with van der Waals surface area (Å²) in [6.45, 7) is 3.75. The second-order valence-electron chi connectivity index (χ2n) is 3.85. The van der Waals surface area contributed by atoms with E-state index in [9.17, 15) is 4.79 Å². The van der Waals surface area contributed by atoms with E-state index < -0.39 is 5.41 Å². The van der Waals surface area contributed by atoms with Crippen molar-refractivity contribution in [3.05, 3.63) is 29.8 Å². The molecule has 0 radical (unpaired) electrons. The quantitative estimate of drug-likeness (QED) is 0.583. The first-order chi connectivity index (χ1) is 7.02. The molecule has 82 valence electrons. The van der Waals surface area contributed by atoms with Crippen LogP contribution in [0.25, 0.3) is 0 Å². The summed E-state index contributed by atoms with van der Waals surface area (Å²) in [7, 11) is 1.42. The maximum Gasteiger partial charge on any atom is 0.315 e. The van der Waals surface area contributed by atoms with Gasteiger partial charge in [0.25, 0.3) is 0 Å². The molecule has 0 fully saturated rings. The van der Waals surface area contributed by atoms with Crippen LogP contribution in [-0.2, 0) is 14.9 Å². The van der Waals surface area contributed by atoms with Crippen LogP contribution in [0.1, 0.15) is 19.4 Å². The first-order valence-electron chi connectivity index (χ1n) is 4.75. The van der Waals surface area contributed by atoms with E-state index in [4.69, 9.17) is 4.74 Å². The third kappa shape index (κ3) is 2.53. The molecule has 0 saturated carbocycles. The van der Waals surface area contributed by atoms with E-state index in [0.29, 0.717) is 0 Å². The molecule has 0 unspecified atom stereocenters. The van der Waals surface area contributed by atoms with E-state index in [1.54, 1.807) is 11.8 Å². The van der Waals surface area contributed by atoms with Crippen molar-refractivity contribution in [1.82, 2.24) is 0 Å². The summed E-state index contributed by atoms with van der Waals surface area (Å²) in [5.41, 5.74) is 0.404. The lowest BCUT2D eigenvalue weighted by atomic mass is 9.85. The molecule has 0 N–H and O–H groups in total. The molecule has 0 aromatic heterocycles. The van der Waals surface area contributed by atoms with Gasteiger partial charge >= 0.3 is 5.97 Å². The Morgan fingerprint density at radius 2 is 2.07 bits per heavy atom. The van der Waals surface area contributed by atoms with Crippen molar-refractivity contribution in [2.75, 3.05) is 13.4 Å². The van der Waals surface area contributed by atoms with Gasteiger partial charge in [-0.25, -0.2) is 0 Å². The number of ether oxygens (including phenoxy) is 1. The molecular formula is C12H16O2S. The lowest BCUT2D eigenvalue weighted by Gasteiger charge is -2.22. The molecule has 1 aromatic carbocycles. The Hall–Kier alpha value is -0.960. The summed E-state index contributed by atoms with van der Waals surface area (Å²) in [5, 5.41) is 0. The van der Waals surface area contributed by atoms with E-state index in [1.807, 2.05) is 44.4 Å². The molecule has 1 aromatic rings. The number of methoxy groups -OCH3 is 1. The van der Waals surface area contributed by atoms with Crippen molar-refractivity contribution >= 4 is 17.7 Å². The summed E-state index contributed by atoms with van der Waals surface area (Å²) < 4.78 is 4.80. The van der Waals surface area contributed by atoms with Crippen LogP contribution in [0, 0.1) is 0 Å². The van der Waals surface area contributed by atoms with Crippen molar-refractivity contribution in [2.45, 2.75) is 24.2 Å². The van der Waals surface area contributed by atoms with Crippen LogP contribution in [0.5, 0.6) is 0 Å². The van der Waals surface area contributed by atoms with Gasteiger partial charge in [-0.15, -0.1) is 11.8 Å². The minimum atomic E-state index is -0.583. The van der Waals surface area contributed by atoms with E-state index >= 15 is 0 Å². The molecular weight excluding hydrogens is 208 g/mol. The minimum absolute atomic E-state index is 0.208. The van der Waals surface area contributed by atoms with E-state index in [0.717, 1.165) is 10.5 Å². The number of thioether (sulfide) groups is 1. The molecule has 0 atom stereocenters.